The largest absolute Gasteiger partial charge is 0.481 e. The van der Waals surface area contributed by atoms with Crippen LogP contribution in [-0.4, -0.2) is 43.2 Å². The van der Waals surface area contributed by atoms with Gasteiger partial charge in [-0.1, -0.05) is 35.9 Å². The molecule has 1 aliphatic heterocycles. The normalized spacial score (nSPS) is 15.9. The molecular formula is C21H25ClN2O3. The fourth-order valence-electron chi connectivity index (χ4n) is 2.98. The minimum atomic E-state index is -0.586. The van der Waals surface area contributed by atoms with Gasteiger partial charge in [0.2, 0.25) is 0 Å². The molecular weight excluding hydrogens is 364 g/mol. The Morgan fingerprint density at radius 3 is 2.52 bits per heavy atom. The Hall–Kier alpha value is -2.08. The van der Waals surface area contributed by atoms with Crippen molar-refractivity contribution >= 4 is 17.5 Å². The lowest BCUT2D eigenvalue weighted by Crippen LogP contribution is -2.37. The van der Waals surface area contributed by atoms with Gasteiger partial charge in [0.15, 0.2) is 6.10 Å². The summed E-state index contributed by atoms with van der Waals surface area (Å²) < 4.78 is 11.1. The van der Waals surface area contributed by atoms with Crippen molar-refractivity contribution in [2.24, 2.45) is 0 Å². The first kappa shape index (κ1) is 19.7. The number of nitrogens with zero attached hydrogens (tertiary/aromatic N) is 1. The molecule has 5 nitrogen and oxygen atoms in total. The van der Waals surface area contributed by atoms with Crippen molar-refractivity contribution in [1.29, 1.82) is 0 Å². The number of rotatable bonds is 7. The summed E-state index contributed by atoms with van der Waals surface area (Å²) in [6, 6.07) is 15.2. The fourth-order valence-corrected chi connectivity index (χ4v) is 3.11. The zero-order valence-electron chi connectivity index (χ0n) is 15.5. The summed E-state index contributed by atoms with van der Waals surface area (Å²) in [5.41, 5.74) is 2.35. The predicted octanol–water partition coefficient (Wildman–Crippen LogP) is 3.26. The summed E-state index contributed by atoms with van der Waals surface area (Å²) in [5, 5.41) is 3.61. The molecule has 3 rings (SSSR count). The van der Waals surface area contributed by atoms with Gasteiger partial charge in [0.25, 0.3) is 5.91 Å². The molecule has 1 amide bonds. The van der Waals surface area contributed by atoms with E-state index in [0.29, 0.717) is 17.3 Å². The lowest BCUT2D eigenvalue weighted by atomic mass is 10.1. The number of hydrogen-bond acceptors (Lipinski definition) is 4. The Morgan fingerprint density at radius 1 is 1.15 bits per heavy atom. The van der Waals surface area contributed by atoms with Gasteiger partial charge in [-0.25, -0.2) is 0 Å². The minimum absolute atomic E-state index is 0.147. The SMILES string of the molecule is CC(Oc1ccc(Cl)cc1)C(=O)NCc1ccccc1CN1CCOCC1. The highest BCUT2D eigenvalue weighted by Gasteiger charge is 2.16. The van der Waals surface area contributed by atoms with Crippen molar-refractivity contribution in [3.63, 3.8) is 0 Å². The lowest BCUT2D eigenvalue weighted by Gasteiger charge is -2.27. The molecule has 1 fully saturated rings. The van der Waals surface area contributed by atoms with E-state index in [0.717, 1.165) is 38.4 Å². The van der Waals surface area contributed by atoms with Crippen LogP contribution in [0.4, 0.5) is 0 Å². The van der Waals surface area contributed by atoms with Crippen molar-refractivity contribution in [2.45, 2.75) is 26.1 Å². The highest BCUT2D eigenvalue weighted by molar-refractivity contribution is 6.30. The van der Waals surface area contributed by atoms with Gasteiger partial charge in [-0.2, -0.15) is 0 Å². The van der Waals surface area contributed by atoms with E-state index >= 15 is 0 Å². The quantitative estimate of drug-likeness (QED) is 0.791. The molecule has 0 aromatic heterocycles. The molecule has 0 spiro atoms. The van der Waals surface area contributed by atoms with Crippen LogP contribution in [0.15, 0.2) is 48.5 Å². The fraction of sp³-hybridized carbons (Fsp3) is 0.381. The van der Waals surface area contributed by atoms with E-state index in [1.54, 1.807) is 31.2 Å². The van der Waals surface area contributed by atoms with Crippen LogP contribution in [0.5, 0.6) is 5.75 Å². The van der Waals surface area contributed by atoms with E-state index in [2.05, 4.69) is 22.3 Å². The van der Waals surface area contributed by atoms with E-state index in [1.807, 2.05) is 12.1 Å². The van der Waals surface area contributed by atoms with Crippen LogP contribution >= 0.6 is 11.6 Å². The zero-order chi connectivity index (χ0) is 19.1. The van der Waals surface area contributed by atoms with E-state index < -0.39 is 6.10 Å². The van der Waals surface area contributed by atoms with Crippen LogP contribution in [-0.2, 0) is 22.6 Å². The molecule has 0 aliphatic carbocycles. The standard InChI is InChI=1S/C21H25ClN2O3/c1-16(27-20-8-6-19(22)7-9-20)21(25)23-14-17-4-2-3-5-18(17)15-24-10-12-26-13-11-24/h2-9,16H,10-15H2,1H3,(H,23,25). The number of hydrogen-bond donors (Lipinski definition) is 1. The average Bonchev–Trinajstić information content (AvgIpc) is 2.69. The Morgan fingerprint density at radius 2 is 1.81 bits per heavy atom. The van der Waals surface area contributed by atoms with Crippen LogP contribution in [0.25, 0.3) is 0 Å². The number of morpholine rings is 1. The van der Waals surface area contributed by atoms with Gasteiger partial charge in [0, 0.05) is 31.2 Å². The molecule has 1 saturated heterocycles. The second kappa shape index (κ2) is 9.74. The first-order chi connectivity index (χ1) is 13.1. The maximum absolute atomic E-state index is 12.4. The number of ether oxygens (including phenoxy) is 2. The molecule has 144 valence electrons. The number of amides is 1. The highest BCUT2D eigenvalue weighted by atomic mass is 35.5. The monoisotopic (exact) mass is 388 g/mol. The maximum atomic E-state index is 12.4. The molecule has 6 heteroatoms. The predicted molar refractivity (Wildman–Crippen MR) is 106 cm³/mol. The third kappa shape index (κ3) is 5.96. The lowest BCUT2D eigenvalue weighted by molar-refractivity contribution is -0.127. The minimum Gasteiger partial charge on any atom is -0.481 e. The Balaban J connectivity index is 1.54. The van der Waals surface area contributed by atoms with E-state index in [4.69, 9.17) is 21.1 Å². The molecule has 0 bridgehead atoms. The van der Waals surface area contributed by atoms with E-state index in [9.17, 15) is 4.79 Å². The van der Waals surface area contributed by atoms with Crippen molar-refractivity contribution in [3.8, 4) is 5.75 Å². The van der Waals surface area contributed by atoms with Gasteiger partial charge in [-0.3, -0.25) is 9.69 Å². The summed E-state index contributed by atoms with van der Waals surface area (Å²) in [6.45, 7) is 6.51. The maximum Gasteiger partial charge on any atom is 0.261 e. The first-order valence-electron chi connectivity index (χ1n) is 9.18. The number of benzene rings is 2. The van der Waals surface area contributed by atoms with Gasteiger partial charge in [0.1, 0.15) is 5.75 Å². The third-order valence-corrected chi connectivity index (χ3v) is 4.82. The van der Waals surface area contributed by atoms with Crippen molar-refractivity contribution < 1.29 is 14.3 Å². The van der Waals surface area contributed by atoms with Gasteiger partial charge < -0.3 is 14.8 Å². The molecule has 1 aliphatic rings. The molecule has 1 heterocycles. The molecule has 0 radical (unpaired) electrons. The smallest absolute Gasteiger partial charge is 0.261 e. The number of carbonyl (C=O) groups is 1. The molecule has 27 heavy (non-hydrogen) atoms. The van der Waals surface area contributed by atoms with Crippen molar-refractivity contribution in [1.82, 2.24) is 10.2 Å². The summed E-state index contributed by atoms with van der Waals surface area (Å²) >= 11 is 5.87. The molecule has 1 N–H and O–H groups in total. The second-order valence-corrected chi connectivity index (χ2v) is 7.03. The second-order valence-electron chi connectivity index (χ2n) is 6.59. The average molecular weight is 389 g/mol. The Bertz CT molecular complexity index is 745. The first-order valence-corrected chi connectivity index (χ1v) is 9.56. The summed E-state index contributed by atoms with van der Waals surface area (Å²) in [5.74, 6) is 0.473. The van der Waals surface area contributed by atoms with Crippen LogP contribution in [0, 0.1) is 0 Å². The molecule has 2 aromatic rings. The van der Waals surface area contributed by atoms with Crippen LogP contribution in [0.2, 0.25) is 5.02 Å². The number of halogens is 1. The van der Waals surface area contributed by atoms with Gasteiger partial charge >= 0.3 is 0 Å². The molecule has 2 aromatic carbocycles. The summed E-state index contributed by atoms with van der Waals surface area (Å²) in [4.78, 5) is 14.8. The molecule has 1 unspecified atom stereocenters. The Kier molecular flexibility index (Phi) is 7.10. The van der Waals surface area contributed by atoms with Gasteiger partial charge in [-0.15, -0.1) is 0 Å². The van der Waals surface area contributed by atoms with Gasteiger partial charge in [-0.05, 0) is 42.3 Å². The van der Waals surface area contributed by atoms with Crippen molar-refractivity contribution in [3.05, 3.63) is 64.7 Å². The zero-order valence-corrected chi connectivity index (χ0v) is 16.2. The third-order valence-electron chi connectivity index (χ3n) is 4.56. The summed E-state index contributed by atoms with van der Waals surface area (Å²) in [7, 11) is 0. The van der Waals surface area contributed by atoms with Crippen LogP contribution in [0.3, 0.4) is 0 Å². The van der Waals surface area contributed by atoms with Crippen LogP contribution < -0.4 is 10.1 Å². The van der Waals surface area contributed by atoms with E-state index in [-0.39, 0.29) is 5.91 Å². The topological polar surface area (TPSA) is 50.8 Å². The van der Waals surface area contributed by atoms with Gasteiger partial charge in [0.05, 0.1) is 13.2 Å². The summed E-state index contributed by atoms with van der Waals surface area (Å²) in [6.07, 6.45) is -0.586. The Labute approximate surface area is 165 Å². The number of carbonyl (C=O) groups excluding carboxylic acids is 1. The highest BCUT2D eigenvalue weighted by Crippen LogP contribution is 2.17. The van der Waals surface area contributed by atoms with Crippen LogP contribution in [0.1, 0.15) is 18.1 Å². The molecule has 0 saturated carbocycles. The van der Waals surface area contributed by atoms with Crippen molar-refractivity contribution in [2.75, 3.05) is 26.3 Å². The number of nitrogens with one attached hydrogen (secondary N) is 1. The van der Waals surface area contributed by atoms with E-state index in [1.165, 1.54) is 5.56 Å². The molecule has 1 atom stereocenters.